The molecule has 1 aliphatic rings. The van der Waals surface area contributed by atoms with E-state index in [0.717, 1.165) is 27.6 Å². The summed E-state index contributed by atoms with van der Waals surface area (Å²) in [6.07, 6.45) is 0.891. The molecule has 6 nitrogen and oxygen atoms in total. The smallest absolute Gasteiger partial charge is 0.327 e. The van der Waals surface area contributed by atoms with Crippen LogP contribution in [0, 0.1) is 0 Å². The monoisotopic (exact) mass is 479 g/mol. The van der Waals surface area contributed by atoms with E-state index in [1.807, 2.05) is 54.6 Å². The van der Waals surface area contributed by atoms with Crippen LogP contribution in [0.15, 0.2) is 64.2 Å². The third-order valence-corrected chi connectivity index (χ3v) is 7.49. The largest absolute Gasteiger partial charge is 0.460 e. The van der Waals surface area contributed by atoms with Gasteiger partial charge in [-0.15, -0.1) is 0 Å². The second kappa shape index (κ2) is 8.67. The van der Waals surface area contributed by atoms with Crippen molar-refractivity contribution in [1.29, 1.82) is 0 Å². The number of carbonyl (C=O) groups excluding carboxylic acids is 1. The number of carbonyl (C=O) groups is 1. The van der Waals surface area contributed by atoms with Gasteiger partial charge in [0.25, 0.3) is 0 Å². The molecule has 0 N–H and O–H groups in total. The SMILES string of the molecule is C[C@@](C[C@H]1CC(c2ccc(Br)cc2)=NO1)(C(=O)OCc1ccccc1)S(C)(=O)=O. The molecular weight excluding hydrogens is 458 g/mol. The number of ether oxygens (including phenoxy) is 1. The minimum absolute atomic E-state index is 0.0109. The summed E-state index contributed by atoms with van der Waals surface area (Å²) in [5, 5.41) is 4.09. The molecule has 0 spiro atoms. The van der Waals surface area contributed by atoms with E-state index < -0.39 is 26.7 Å². The summed E-state index contributed by atoms with van der Waals surface area (Å²) in [4.78, 5) is 18.2. The summed E-state index contributed by atoms with van der Waals surface area (Å²) >= 11 is 3.39. The molecule has 0 saturated heterocycles. The highest BCUT2D eigenvalue weighted by Crippen LogP contribution is 2.30. The molecule has 0 aromatic heterocycles. The fraction of sp³-hybridized carbons (Fsp3) is 0.333. The van der Waals surface area contributed by atoms with Crippen LogP contribution in [0.1, 0.15) is 30.9 Å². The van der Waals surface area contributed by atoms with Crippen molar-refractivity contribution in [3.05, 3.63) is 70.2 Å². The molecule has 1 aliphatic heterocycles. The summed E-state index contributed by atoms with van der Waals surface area (Å²) in [6.45, 7) is 1.40. The number of halogens is 1. The molecule has 154 valence electrons. The Bertz CT molecular complexity index is 1010. The Labute approximate surface area is 178 Å². The summed E-state index contributed by atoms with van der Waals surface area (Å²) in [6, 6.07) is 16.7. The Morgan fingerprint density at radius 2 is 1.86 bits per heavy atom. The zero-order valence-electron chi connectivity index (χ0n) is 16.2. The highest BCUT2D eigenvalue weighted by atomic mass is 79.9. The van der Waals surface area contributed by atoms with E-state index in [2.05, 4.69) is 21.1 Å². The highest BCUT2D eigenvalue weighted by molar-refractivity contribution is 9.10. The van der Waals surface area contributed by atoms with Crippen molar-refractivity contribution >= 4 is 37.4 Å². The van der Waals surface area contributed by atoms with Crippen molar-refractivity contribution < 1.29 is 22.8 Å². The summed E-state index contributed by atoms with van der Waals surface area (Å²) in [5.41, 5.74) is 2.40. The molecule has 0 bridgehead atoms. The lowest BCUT2D eigenvalue weighted by molar-refractivity contribution is -0.148. The zero-order valence-corrected chi connectivity index (χ0v) is 18.6. The van der Waals surface area contributed by atoms with Gasteiger partial charge in [0.05, 0.1) is 5.71 Å². The molecule has 0 amide bonds. The van der Waals surface area contributed by atoms with Gasteiger partial charge in [0.15, 0.2) is 14.6 Å². The first-order valence-corrected chi connectivity index (χ1v) is 11.8. The van der Waals surface area contributed by atoms with Gasteiger partial charge in [-0.05, 0) is 30.2 Å². The van der Waals surface area contributed by atoms with Gasteiger partial charge in [0.2, 0.25) is 0 Å². The average Bonchev–Trinajstić information content (AvgIpc) is 3.14. The van der Waals surface area contributed by atoms with Crippen LogP contribution >= 0.6 is 15.9 Å². The second-order valence-electron chi connectivity index (χ2n) is 7.25. The van der Waals surface area contributed by atoms with Crippen LogP contribution in [-0.2, 0) is 30.8 Å². The average molecular weight is 480 g/mol. The lowest BCUT2D eigenvalue weighted by Gasteiger charge is -2.27. The lowest BCUT2D eigenvalue weighted by Crippen LogP contribution is -2.46. The summed E-state index contributed by atoms with van der Waals surface area (Å²) in [5.74, 6) is -0.787. The van der Waals surface area contributed by atoms with Crippen molar-refractivity contribution in [2.24, 2.45) is 5.16 Å². The molecule has 2 aromatic carbocycles. The topological polar surface area (TPSA) is 82.0 Å². The third kappa shape index (κ3) is 5.05. The van der Waals surface area contributed by atoms with Gasteiger partial charge in [-0.3, -0.25) is 4.79 Å². The van der Waals surface area contributed by atoms with E-state index in [1.54, 1.807) is 0 Å². The highest BCUT2D eigenvalue weighted by Gasteiger charge is 2.48. The third-order valence-electron chi connectivity index (χ3n) is 4.99. The van der Waals surface area contributed by atoms with Gasteiger partial charge in [-0.2, -0.15) is 0 Å². The van der Waals surface area contributed by atoms with Crippen LogP contribution in [0.2, 0.25) is 0 Å². The van der Waals surface area contributed by atoms with Gasteiger partial charge in [-0.1, -0.05) is 63.6 Å². The number of sulfone groups is 1. The standard InChI is InChI=1S/C21H22BrNO5S/c1-21(29(2,25)26,20(24)27-14-15-6-4-3-5-7-15)13-18-12-19(23-28-18)16-8-10-17(22)11-9-16/h3-11,18H,12-14H2,1-2H3/t18-,21-/m1/s1. The van der Waals surface area contributed by atoms with E-state index in [-0.39, 0.29) is 13.0 Å². The number of esters is 1. The van der Waals surface area contributed by atoms with E-state index in [4.69, 9.17) is 9.57 Å². The molecule has 0 saturated carbocycles. The van der Waals surface area contributed by atoms with Crippen LogP contribution in [-0.4, -0.2) is 37.2 Å². The number of hydrogen-bond acceptors (Lipinski definition) is 6. The molecule has 8 heteroatoms. The van der Waals surface area contributed by atoms with Gasteiger partial charge in [-0.25, -0.2) is 8.42 Å². The Kier molecular flexibility index (Phi) is 6.43. The lowest BCUT2D eigenvalue weighted by atomic mass is 9.97. The summed E-state index contributed by atoms with van der Waals surface area (Å²) in [7, 11) is -3.75. The van der Waals surface area contributed by atoms with Crippen LogP contribution < -0.4 is 0 Å². The van der Waals surface area contributed by atoms with Crippen molar-refractivity contribution in [3.63, 3.8) is 0 Å². The van der Waals surface area contributed by atoms with Crippen molar-refractivity contribution in [2.75, 3.05) is 6.26 Å². The first kappa shape index (κ1) is 21.5. The van der Waals surface area contributed by atoms with Crippen LogP contribution in [0.5, 0.6) is 0 Å². The second-order valence-corrected chi connectivity index (χ2v) is 10.6. The van der Waals surface area contributed by atoms with E-state index in [1.165, 1.54) is 6.92 Å². The van der Waals surface area contributed by atoms with Gasteiger partial charge in [0.1, 0.15) is 12.7 Å². The molecule has 0 radical (unpaired) electrons. The Morgan fingerprint density at radius 3 is 2.48 bits per heavy atom. The first-order chi connectivity index (χ1) is 13.7. The van der Waals surface area contributed by atoms with Crippen molar-refractivity contribution in [1.82, 2.24) is 0 Å². The minimum Gasteiger partial charge on any atom is -0.460 e. The molecule has 0 aliphatic carbocycles. The summed E-state index contributed by atoms with van der Waals surface area (Å²) < 4.78 is 29.5. The van der Waals surface area contributed by atoms with Gasteiger partial charge < -0.3 is 9.57 Å². The van der Waals surface area contributed by atoms with Crippen molar-refractivity contribution in [3.8, 4) is 0 Å². The van der Waals surface area contributed by atoms with Crippen LogP contribution in [0.25, 0.3) is 0 Å². The Balaban J connectivity index is 1.69. The predicted octanol–water partition coefficient (Wildman–Crippen LogP) is 3.88. The Hall–Kier alpha value is -2.19. The number of nitrogens with zero attached hydrogens (tertiary/aromatic N) is 1. The van der Waals surface area contributed by atoms with Crippen molar-refractivity contribution in [2.45, 2.75) is 37.2 Å². The predicted molar refractivity (Wildman–Crippen MR) is 114 cm³/mol. The van der Waals surface area contributed by atoms with Crippen LogP contribution in [0.4, 0.5) is 0 Å². The fourth-order valence-electron chi connectivity index (χ4n) is 3.05. The number of rotatable bonds is 7. The molecule has 0 fully saturated rings. The van der Waals surface area contributed by atoms with Gasteiger partial charge >= 0.3 is 5.97 Å². The molecular formula is C21H22BrNO5S. The quantitative estimate of drug-likeness (QED) is 0.562. The fourth-order valence-corrected chi connectivity index (χ4v) is 4.16. The minimum atomic E-state index is -3.75. The molecule has 0 unspecified atom stereocenters. The number of oxime groups is 1. The normalized spacial score (nSPS) is 18.4. The van der Waals surface area contributed by atoms with E-state index in [0.29, 0.717) is 6.42 Å². The van der Waals surface area contributed by atoms with Gasteiger partial charge in [0, 0.05) is 23.6 Å². The van der Waals surface area contributed by atoms with E-state index in [9.17, 15) is 13.2 Å². The molecule has 29 heavy (non-hydrogen) atoms. The Morgan fingerprint density at radius 1 is 1.21 bits per heavy atom. The number of benzene rings is 2. The first-order valence-electron chi connectivity index (χ1n) is 9.08. The molecule has 1 heterocycles. The molecule has 3 rings (SSSR count). The van der Waals surface area contributed by atoms with Crippen LogP contribution in [0.3, 0.4) is 0 Å². The molecule has 2 atom stereocenters. The molecule has 2 aromatic rings. The maximum absolute atomic E-state index is 12.8. The van der Waals surface area contributed by atoms with E-state index >= 15 is 0 Å². The maximum Gasteiger partial charge on any atom is 0.327 e. The number of hydrogen-bond donors (Lipinski definition) is 0. The maximum atomic E-state index is 12.8. The zero-order chi connectivity index (χ0) is 21.1.